The van der Waals surface area contributed by atoms with Crippen LogP contribution in [0, 0.1) is 0 Å². The molecule has 0 saturated carbocycles. The molecule has 0 amide bonds. The van der Waals surface area contributed by atoms with Crippen molar-refractivity contribution in [3.8, 4) is 0 Å². The molecule has 0 spiro atoms. The Morgan fingerprint density at radius 1 is 1.73 bits per heavy atom. The normalized spacial score (nSPS) is 12.3. The molecule has 64 valence electrons. The van der Waals surface area contributed by atoms with Crippen LogP contribution in [0.3, 0.4) is 0 Å². The van der Waals surface area contributed by atoms with Gasteiger partial charge in [-0.05, 0) is 13.3 Å². The van der Waals surface area contributed by atoms with Crippen LogP contribution in [0.4, 0.5) is 4.39 Å². The van der Waals surface area contributed by atoms with Crippen LogP contribution in [-0.4, -0.2) is 12.3 Å². The van der Waals surface area contributed by atoms with E-state index in [9.17, 15) is 9.18 Å². The fourth-order valence-electron chi connectivity index (χ4n) is 0.503. The highest BCUT2D eigenvalue weighted by Gasteiger charge is 2.11. The van der Waals surface area contributed by atoms with E-state index in [2.05, 4.69) is 11.3 Å². The lowest BCUT2D eigenvalue weighted by Crippen LogP contribution is -2.13. The molecule has 3 heteroatoms. The van der Waals surface area contributed by atoms with Crippen LogP contribution in [0.5, 0.6) is 0 Å². The second kappa shape index (κ2) is 4.88. The Morgan fingerprint density at radius 3 is 2.64 bits per heavy atom. The summed E-state index contributed by atoms with van der Waals surface area (Å²) in [6.45, 7) is 6.63. The van der Waals surface area contributed by atoms with E-state index in [-0.39, 0.29) is 12.0 Å². The van der Waals surface area contributed by atoms with Gasteiger partial charge in [0.2, 0.25) is 6.36 Å². The summed E-state index contributed by atoms with van der Waals surface area (Å²) in [5.41, 5.74) is 0.226. The van der Waals surface area contributed by atoms with Gasteiger partial charge in [-0.25, -0.2) is 9.18 Å². The maximum atomic E-state index is 12.5. The van der Waals surface area contributed by atoms with Crippen molar-refractivity contribution < 1.29 is 13.9 Å². The first-order valence-corrected chi connectivity index (χ1v) is 3.58. The van der Waals surface area contributed by atoms with Gasteiger partial charge in [-0.1, -0.05) is 13.5 Å². The molecule has 1 atom stereocenters. The molecule has 0 fully saturated rings. The maximum absolute atomic E-state index is 12.5. The average Bonchev–Trinajstić information content (AvgIpc) is 1.87. The summed E-state index contributed by atoms with van der Waals surface area (Å²) >= 11 is 0. The molecule has 0 aromatic rings. The maximum Gasteiger partial charge on any atom is 0.335 e. The summed E-state index contributed by atoms with van der Waals surface area (Å²) < 4.78 is 16.9. The van der Waals surface area contributed by atoms with Gasteiger partial charge in [0.25, 0.3) is 0 Å². The number of carbonyl (C=O) groups excluding carboxylic acids is 1. The third-order valence-electron chi connectivity index (χ3n) is 1.10. The standard InChI is InChI=1S/C8H13FO2/c1-4-5-7(9)11-8(10)6(2)3/h7H,2,4-5H2,1,3H3. The fourth-order valence-corrected chi connectivity index (χ4v) is 0.503. The number of esters is 1. The Hall–Kier alpha value is -0.860. The predicted molar refractivity (Wildman–Crippen MR) is 40.7 cm³/mol. The first kappa shape index (κ1) is 10.1. The van der Waals surface area contributed by atoms with Gasteiger partial charge < -0.3 is 4.74 Å². The Morgan fingerprint density at radius 2 is 2.27 bits per heavy atom. The zero-order chi connectivity index (χ0) is 8.85. The summed E-state index contributed by atoms with van der Waals surface area (Å²) in [5.74, 6) is -0.661. The third-order valence-corrected chi connectivity index (χ3v) is 1.10. The minimum atomic E-state index is -1.48. The van der Waals surface area contributed by atoms with Crippen LogP contribution in [0.2, 0.25) is 0 Å². The van der Waals surface area contributed by atoms with Crippen LogP contribution in [-0.2, 0) is 9.53 Å². The molecule has 0 aliphatic carbocycles. The molecular formula is C8H13FO2. The molecule has 0 rings (SSSR count). The van der Waals surface area contributed by atoms with Gasteiger partial charge in [-0.15, -0.1) is 0 Å². The zero-order valence-electron chi connectivity index (χ0n) is 6.89. The summed E-state index contributed by atoms with van der Waals surface area (Å²) in [5, 5.41) is 0. The van der Waals surface area contributed by atoms with Crippen LogP contribution in [0.25, 0.3) is 0 Å². The van der Waals surface area contributed by atoms with Crippen molar-refractivity contribution in [2.45, 2.75) is 33.0 Å². The quantitative estimate of drug-likeness (QED) is 0.465. The molecule has 0 heterocycles. The molecule has 0 saturated heterocycles. The number of rotatable bonds is 4. The van der Waals surface area contributed by atoms with Gasteiger partial charge in [-0.3, -0.25) is 0 Å². The van der Waals surface area contributed by atoms with Gasteiger partial charge in [0.05, 0.1) is 0 Å². The molecule has 0 radical (unpaired) electrons. The number of hydrogen-bond acceptors (Lipinski definition) is 2. The Bertz CT molecular complexity index is 154. The molecule has 11 heavy (non-hydrogen) atoms. The topological polar surface area (TPSA) is 26.3 Å². The Labute approximate surface area is 66.0 Å². The second-order valence-electron chi connectivity index (χ2n) is 2.38. The van der Waals surface area contributed by atoms with E-state index in [0.29, 0.717) is 6.42 Å². The number of alkyl halides is 1. The summed E-state index contributed by atoms with van der Waals surface area (Å²) in [6.07, 6.45) is -0.576. The van der Waals surface area contributed by atoms with Gasteiger partial charge >= 0.3 is 5.97 Å². The Balaban J connectivity index is 3.66. The summed E-state index contributed by atoms with van der Waals surface area (Å²) in [4.78, 5) is 10.7. The average molecular weight is 160 g/mol. The van der Waals surface area contributed by atoms with Crippen molar-refractivity contribution >= 4 is 5.97 Å². The van der Waals surface area contributed by atoms with E-state index in [1.54, 1.807) is 0 Å². The fraction of sp³-hybridized carbons (Fsp3) is 0.625. The SMILES string of the molecule is C=C(C)C(=O)OC(F)CCC. The minimum Gasteiger partial charge on any atom is -0.428 e. The number of carbonyl (C=O) groups is 1. The molecule has 0 aromatic carbocycles. The molecule has 2 nitrogen and oxygen atoms in total. The zero-order valence-corrected chi connectivity index (χ0v) is 6.89. The smallest absolute Gasteiger partial charge is 0.335 e. The van der Waals surface area contributed by atoms with E-state index in [4.69, 9.17) is 0 Å². The molecule has 0 bridgehead atoms. The monoisotopic (exact) mass is 160 g/mol. The molecular weight excluding hydrogens is 147 g/mol. The summed E-state index contributed by atoms with van der Waals surface area (Å²) in [6, 6.07) is 0. The first-order chi connectivity index (χ1) is 5.07. The second-order valence-corrected chi connectivity index (χ2v) is 2.38. The molecule has 1 unspecified atom stereocenters. The molecule has 0 aliphatic heterocycles. The molecule has 0 aliphatic rings. The minimum absolute atomic E-state index is 0.226. The number of halogens is 1. The highest BCUT2D eigenvalue weighted by atomic mass is 19.1. The lowest BCUT2D eigenvalue weighted by atomic mass is 10.3. The van der Waals surface area contributed by atoms with Crippen molar-refractivity contribution in [3.05, 3.63) is 12.2 Å². The van der Waals surface area contributed by atoms with Crippen molar-refractivity contribution in [1.82, 2.24) is 0 Å². The van der Waals surface area contributed by atoms with Gasteiger partial charge in [-0.2, -0.15) is 0 Å². The van der Waals surface area contributed by atoms with Crippen LogP contribution in [0.15, 0.2) is 12.2 Å². The van der Waals surface area contributed by atoms with Gasteiger partial charge in [0.1, 0.15) is 0 Å². The molecule has 0 aromatic heterocycles. The van der Waals surface area contributed by atoms with Crippen molar-refractivity contribution in [3.63, 3.8) is 0 Å². The molecule has 0 N–H and O–H groups in total. The van der Waals surface area contributed by atoms with E-state index in [1.807, 2.05) is 6.92 Å². The summed E-state index contributed by atoms with van der Waals surface area (Å²) in [7, 11) is 0. The predicted octanol–water partition coefficient (Wildman–Crippen LogP) is 2.20. The third kappa shape index (κ3) is 4.53. The lowest BCUT2D eigenvalue weighted by molar-refractivity contribution is -0.153. The van der Waals surface area contributed by atoms with Crippen LogP contribution >= 0.6 is 0 Å². The number of ether oxygens (including phenoxy) is 1. The first-order valence-electron chi connectivity index (χ1n) is 3.58. The van der Waals surface area contributed by atoms with Crippen molar-refractivity contribution in [2.24, 2.45) is 0 Å². The van der Waals surface area contributed by atoms with E-state index in [0.717, 1.165) is 0 Å². The highest BCUT2D eigenvalue weighted by Crippen LogP contribution is 2.05. The van der Waals surface area contributed by atoms with Crippen LogP contribution < -0.4 is 0 Å². The van der Waals surface area contributed by atoms with Gasteiger partial charge in [0, 0.05) is 12.0 Å². The largest absolute Gasteiger partial charge is 0.428 e. The van der Waals surface area contributed by atoms with E-state index in [1.165, 1.54) is 6.92 Å². The van der Waals surface area contributed by atoms with E-state index >= 15 is 0 Å². The van der Waals surface area contributed by atoms with Crippen LogP contribution in [0.1, 0.15) is 26.7 Å². The van der Waals surface area contributed by atoms with E-state index < -0.39 is 12.3 Å². The number of hydrogen-bond donors (Lipinski definition) is 0. The van der Waals surface area contributed by atoms with Crippen molar-refractivity contribution in [2.75, 3.05) is 0 Å². The lowest BCUT2D eigenvalue weighted by Gasteiger charge is -2.07. The van der Waals surface area contributed by atoms with Gasteiger partial charge in [0.15, 0.2) is 0 Å². The van der Waals surface area contributed by atoms with Crippen molar-refractivity contribution in [1.29, 1.82) is 0 Å². The highest BCUT2D eigenvalue weighted by molar-refractivity contribution is 5.86. The Kier molecular flexibility index (Phi) is 4.50.